The number of hydrogen-bond acceptors (Lipinski definition) is 6. The van der Waals surface area contributed by atoms with Crippen LogP contribution in [0.15, 0.2) is 17.0 Å². The van der Waals surface area contributed by atoms with E-state index in [9.17, 15) is 18.0 Å². The van der Waals surface area contributed by atoms with Crippen molar-refractivity contribution in [3.05, 3.63) is 29.0 Å². The number of hydrogen-bond donors (Lipinski definition) is 1. The fraction of sp³-hybridized carbons (Fsp3) is 0.450. The second-order valence-corrected chi connectivity index (χ2v) is 12.1. The number of carbonyl (C=O) groups excluding carboxylic acids is 2. The molecular weight excluding hydrogens is 446 g/mol. The third-order valence-electron chi connectivity index (χ3n) is 5.32. The van der Waals surface area contributed by atoms with Gasteiger partial charge < -0.3 is 10.2 Å². The first-order chi connectivity index (χ1) is 13.7. The van der Waals surface area contributed by atoms with E-state index in [0.29, 0.717) is 33.4 Å². The van der Waals surface area contributed by atoms with Crippen LogP contribution in [0.3, 0.4) is 0 Å². The van der Waals surface area contributed by atoms with Gasteiger partial charge in [-0.15, -0.1) is 0 Å². The highest BCUT2D eigenvalue weighted by atomic mass is 35.7. The number of amides is 2. The van der Waals surface area contributed by atoms with E-state index in [1.807, 2.05) is 33.8 Å². The molecule has 0 radical (unpaired) electrons. The number of aryl methyl sites for hydroxylation is 1. The standard InChI is InChI=1S/C20H24ClN3O4S2/c1-10-17(29-19(22-10)23-12(3)25)13-7-14-9-24(11(2)20(4,5)6)18(26)16(14)15(8-13)30(21,27)28/h7-8,11H,9H2,1-6H3,(H,22,23,25)/t11-/m0/s1. The first kappa shape index (κ1) is 22.7. The van der Waals surface area contributed by atoms with Crippen molar-refractivity contribution in [2.24, 2.45) is 5.41 Å². The van der Waals surface area contributed by atoms with Crippen molar-refractivity contribution in [2.45, 2.75) is 59.0 Å². The quantitative estimate of drug-likeness (QED) is 0.669. The zero-order valence-electron chi connectivity index (χ0n) is 17.7. The van der Waals surface area contributed by atoms with Crippen molar-refractivity contribution in [1.29, 1.82) is 0 Å². The molecule has 162 valence electrons. The molecule has 0 unspecified atom stereocenters. The minimum atomic E-state index is -4.16. The van der Waals surface area contributed by atoms with Crippen molar-refractivity contribution in [3.63, 3.8) is 0 Å². The molecule has 3 rings (SSSR count). The topological polar surface area (TPSA) is 96.4 Å². The highest BCUT2D eigenvalue weighted by Crippen LogP contribution is 2.41. The Labute approximate surface area is 184 Å². The summed E-state index contributed by atoms with van der Waals surface area (Å²) in [7, 11) is 1.57. The summed E-state index contributed by atoms with van der Waals surface area (Å²) < 4.78 is 24.7. The van der Waals surface area contributed by atoms with Gasteiger partial charge >= 0.3 is 0 Å². The molecule has 0 saturated carbocycles. The number of carbonyl (C=O) groups is 2. The lowest BCUT2D eigenvalue weighted by atomic mass is 9.87. The Bertz CT molecular complexity index is 1150. The maximum Gasteiger partial charge on any atom is 0.262 e. The Balaban J connectivity index is 2.16. The first-order valence-corrected chi connectivity index (χ1v) is 12.5. The van der Waals surface area contributed by atoms with Crippen LogP contribution in [0.5, 0.6) is 0 Å². The Hall–Kier alpha value is -1.97. The molecule has 2 heterocycles. The average Bonchev–Trinajstić information content (AvgIpc) is 3.11. The molecule has 0 saturated heterocycles. The Kier molecular flexibility index (Phi) is 5.77. The van der Waals surface area contributed by atoms with Crippen molar-refractivity contribution < 1.29 is 18.0 Å². The van der Waals surface area contributed by atoms with Gasteiger partial charge in [-0.3, -0.25) is 9.59 Å². The number of nitrogens with zero attached hydrogens (tertiary/aromatic N) is 2. The van der Waals surface area contributed by atoms with Crippen molar-refractivity contribution in [3.8, 4) is 10.4 Å². The highest BCUT2D eigenvalue weighted by Gasteiger charge is 2.39. The number of thiazole rings is 1. The van der Waals surface area contributed by atoms with Gasteiger partial charge in [-0.2, -0.15) is 0 Å². The van der Waals surface area contributed by atoms with E-state index in [1.165, 1.54) is 24.3 Å². The van der Waals surface area contributed by atoms with Crippen LogP contribution in [0.4, 0.5) is 5.13 Å². The summed E-state index contributed by atoms with van der Waals surface area (Å²) in [6.07, 6.45) is 0. The molecule has 0 aliphatic carbocycles. The lowest BCUT2D eigenvalue weighted by molar-refractivity contribution is -0.114. The minimum absolute atomic E-state index is 0.108. The summed E-state index contributed by atoms with van der Waals surface area (Å²) in [4.78, 5) is 31.0. The van der Waals surface area contributed by atoms with Crippen LogP contribution in [-0.4, -0.2) is 36.2 Å². The molecule has 1 N–H and O–H groups in total. The smallest absolute Gasteiger partial charge is 0.262 e. The van der Waals surface area contributed by atoms with Gasteiger partial charge in [0.15, 0.2) is 5.13 Å². The molecule has 1 aromatic carbocycles. The number of benzene rings is 1. The van der Waals surface area contributed by atoms with Crippen LogP contribution in [0.2, 0.25) is 0 Å². The molecule has 2 aromatic rings. The van der Waals surface area contributed by atoms with Crippen molar-refractivity contribution in [1.82, 2.24) is 9.88 Å². The van der Waals surface area contributed by atoms with Crippen LogP contribution >= 0.6 is 22.0 Å². The van der Waals surface area contributed by atoms with Gasteiger partial charge in [0.25, 0.3) is 15.0 Å². The summed E-state index contributed by atoms with van der Waals surface area (Å²) in [6.45, 7) is 11.5. The van der Waals surface area contributed by atoms with Crippen LogP contribution in [0, 0.1) is 12.3 Å². The van der Waals surface area contributed by atoms with Gasteiger partial charge in [0, 0.05) is 30.2 Å². The predicted octanol–water partition coefficient (Wildman–Crippen LogP) is 4.39. The van der Waals surface area contributed by atoms with Gasteiger partial charge in [0.2, 0.25) is 5.91 Å². The number of rotatable bonds is 4. The maximum atomic E-state index is 13.1. The van der Waals surface area contributed by atoms with E-state index < -0.39 is 9.05 Å². The minimum Gasteiger partial charge on any atom is -0.331 e. The van der Waals surface area contributed by atoms with Gasteiger partial charge in [0.05, 0.1) is 21.0 Å². The molecule has 0 spiro atoms. The van der Waals surface area contributed by atoms with E-state index in [0.717, 1.165) is 0 Å². The SMILES string of the molecule is CC(=O)Nc1nc(C)c(-c2cc3c(c(S(=O)(=O)Cl)c2)C(=O)N([C@@H](C)C(C)(C)C)C3)s1. The Morgan fingerprint density at radius 3 is 2.50 bits per heavy atom. The molecule has 1 aromatic heterocycles. The lowest BCUT2D eigenvalue weighted by Crippen LogP contribution is -2.42. The molecule has 1 atom stereocenters. The summed E-state index contributed by atoms with van der Waals surface area (Å²) in [5.41, 5.74) is 1.81. The monoisotopic (exact) mass is 469 g/mol. The van der Waals surface area contributed by atoms with Gasteiger partial charge in [-0.1, -0.05) is 32.1 Å². The molecule has 0 bridgehead atoms. The molecule has 1 aliphatic heterocycles. The van der Waals surface area contributed by atoms with E-state index in [1.54, 1.807) is 11.8 Å². The van der Waals surface area contributed by atoms with E-state index >= 15 is 0 Å². The molecular formula is C20H24ClN3O4S2. The predicted molar refractivity (Wildman–Crippen MR) is 118 cm³/mol. The van der Waals surface area contributed by atoms with E-state index in [4.69, 9.17) is 10.7 Å². The van der Waals surface area contributed by atoms with Crippen LogP contribution < -0.4 is 5.32 Å². The van der Waals surface area contributed by atoms with Gasteiger partial charge in [-0.25, -0.2) is 13.4 Å². The number of aromatic nitrogens is 1. The molecule has 1 aliphatic rings. The third-order valence-corrected chi connectivity index (χ3v) is 7.79. The van der Waals surface area contributed by atoms with Gasteiger partial charge in [-0.05, 0) is 42.5 Å². The molecule has 7 nitrogen and oxygen atoms in total. The largest absolute Gasteiger partial charge is 0.331 e. The van der Waals surface area contributed by atoms with Crippen LogP contribution in [0.25, 0.3) is 10.4 Å². The number of anilines is 1. The van der Waals surface area contributed by atoms with Crippen LogP contribution in [-0.2, 0) is 20.4 Å². The molecule has 0 fully saturated rings. The zero-order valence-corrected chi connectivity index (χ0v) is 20.0. The number of halogens is 1. The summed E-state index contributed by atoms with van der Waals surface area (Å²) in [6, 6.07) is 3.12. The van der Waals surface area contributed by atoms with E-state index in [-0.39, 0.29) is 33.7 Å². The van der Waals surface area contributed by atoms with Gasteiger partial charge in [0.1, 0.15) is 0 Å². The Morgan fingerprint density at radius 1 is 1.33 bits per heavy atom. The summed E-state index contributed by atoms with van der Waals surface area (Å²) >= 11 is 1.24. The average molecular weight is 470 g/mol. The fourth-order valence-electron chi connectivity index (χ4n) is 3.41. The van der Waals surface area contributed by atoms with E-state index in [2.05, 4.69) is 10.3 Å². The second kappa shape index (κ2) is 7.62. The molecule has 10 heteroatoms. The fourth-order valence-corrected chi connectivity index (χ4v) is 5.51. The number of nitrogens with one attached hydrogen (secondary N) is 1. The summed E-state index contributed by atoms with van der Waals surface area (Å²) in [5.74, 6) is -0.580. The molecule has 30 heavy (non-hydrogen) atoms. The zero-order chi connectivity index (χ0) is 22.6. The highest BCUT2D eigenvalue weighted by molar-refractivity contribution is 8.13. The van der Waals surface area contributed by atoms with Crippen LogP contribution in [0.1, 0.15) is 56.2 Å². The number of fused-ring (bicyclic) bond motifs is 1. The van der Waals surface area contributed by atoms with Crippen molar-refractivity contribution >= 4 is 48.0 Å². The maximum absolute atomic E-state index is 13.1. The summed E-state index contributed by atoms with van der Waals surface area (Å²) in [5, 5.41) is 3.06. The normalized spacial score (nSPS) is 15.3. The first-order valence-electron chi connectivity index (χ1n) is 9.38. The Morgan fingerprint density at radius 2 is 1.97 bits per heavy atom. The third kappa shape index (κ3) is 4.24. The second-order valence-electron chi connectivity index (χ2n) is 8.54. The van der Waals surface area contributed by atoms with Crippen molar-refractivity contribution in [2.75, 3.05) is 5.32 Å². The lowest BCUT2D eigenvalue weighted by Gasteiger charge is -2.35. The molecule has 2 amide bonds.